The van der Waals surface area contributed by atoms with E-state index in [1.165, 1.54) is 0 Å². The minimum atomic E-state index is -1.13. The summed E-state index contributed by atoms with van der Waals surface area (Å²) >= 11 is 0. The molecule has 2 N–H and O–H groups in total. The van der Waals surface area contributed by atoms with Gasteiger partial charge in [-0.15, -0.1) is 0 Å². The van der Waals surface area contributed by atoms with Gasteiger partial charge in [0.05, 0.1) is 0 Å². The molecule has 1 saturated heterocycles. The lowest BCUT2D eigenvalue weighted by Gasteiger charge is -2.22. The molecular formula is C17H23N3O3. The fourth-order valence-electron chi connectivity index (χ4n) is 2.78. The van der Waals surface area contributed by atoms with Gasteiger partial charge in [0.2, 0.25) is 5.91 Å². The predicted octanol–water partition coefficient (Wildman–Crippen LogP) is 1.76. The zero-order valence-electron chi connectivity index (χ0n) is 13.8. The van der Waals surface area contributed by atoms with Crippen molar-refractivity contribution >= 4 is 17.8 Å². The number of amides is 4. The van der Waals surface area contributed by atoms with Gasteiger partial charge in [0.1, 0.15) is 12.1 Å². The molecule has 0 unspecified atom stereocenters. The number of benzene rings is 1. The van der Waals surface area contributed by atoms with Crippen LogP contribution in [-0.2, 0) is 15.1 Å². The Kier molecular flexibility index (Phi) is 5.03. The van der Waals surface area contributed by atoms with E-state index < -0.39 is 17.5 Å². The van der Waals surface area contributed by atoms with Crippen LogP contribution in [0, 0.1) is 0 Å². The predicted molar refractivity (Wildman–Crippen MR) is 86.6 cm³/mol. The zero-order chi connectivity index (χ0) is 17.0. The summed E-state index contributed by atoms with van der Waals surface area (Å²) in [5.41, 5.74) is -0.436. The van der Waals surface area contributed by atoms with Crippen LogP contribution in [-0.4, -0.2) is 35.3 Å². The molecule has 23 heavy (non-hydrogen) atoms. The lowest BCUT2D eigenvalue weighted by Crippen LogP contribution is -2.44. The Bertz CT molecular complexity index is 602. The molecule has 0 spiro atoms. The molecule has 0 aromatic heterocycles. The highest BCUT2D eigenvalue weighted by molar-refractivity contribution is 6.09. The van der Waals surface area contributed by atoms with Gasteiger partial charge in [-0.25, -0.2) is 4.79 Å². The fraction of sp³-hybridized carbons (Fsp3) is 0.471. The molecule has 1 aliphatic heterocycles. The maximum absolute atomic E-state index is 12.6. The number of rotatable bonds is 6. The summed E-state index contributed by atoms with van der Waals surface area (Å²) < 4.78 is 0. The molecule has 4 amide bonds. The van der Waals surface area contributed by atoms with E-state index in [-0.39, 0.29) is 18.5 Å². The molecule has 2 atom stereocenters. The van der Waals surface area contributed by atoms with Gasteiger partial charge >= 0.3 is 6.03 Å². The van der Waals surface area contributed by atoms with E-state index in [0.29, 0.717) is 5.56 Å². The second-order valence-electron chi connectivity index (χ2n) is 6.07. The van der Waals surface area contributed by atoms with Crippen LogP contribution in [0.4, 0.5) is 4.79 Å². The second-order valence-corrected chi connectivity index (χ2v) is 6.07. The Hall–Kier alpha value is -2.37. The Morgan fingerprint density at radius 3 is 2.57 bits per heavy atom. The normalized spacial score (nSPS) is 22.0. The number of imide groups is 1. The number of hydrogen-bond donors (Lipinski definition) is 2. The minimum Gasteiger partial charge on any atom is -0.352 e. The fourth-order valence-corrected chi connectivity index (χ4v) is 2.78. The maximum atomic E-state index is 12.6. The summed E-state index contributed by atoms with van der Waals surface area (Å²) in [6.45, 7) is 5.33. The van der Waals surface area contributed by atoms with Crippen LogP contribution in [0.1, 0.15) is 39.2 Å². The third-order valence-electron chi connectivity index (χ3n) is 4.06. The maximum Gasteiger partial charge on any atom is 0.325 e. The Morgan fingerprint density at radius 1 is 1.30 bits per heavy atom. The van der Waals surface area contributed by atoms with Crippen molar-refractivity contribution in [2.24, 2.45) is 0 Å². The third kappa shape index (κ3) is 3.52. The van der Waals surface area contributed by atoms with Gasteiger partial charge in [0, 0.05) is 6.04 Å². The summed E-state index contributed by atoms with van der Waals surface area (Å²) in [5.74, 6) is -0.737. The van der Waals surface area contributed by atoms with Crippen LogP contribution in [0.2, 0.25) is 0 Å². The van der Waals surface area contributed by atoms with Crippen molar-refractivity contribution < 1.29 is 14.4 Å². The molecule has 0 aliphatic carbocycles. The number of carbonyl (C=O) groups is 3. The summed E-state index contributed by atoms with van der Waals surface area (Å²) in [5, 5.41) is 5.49. The van der Waals surface area contributed by atoms with Gasteiger partial charge < -0.3 is 10.6 Å². The van der Waals surface area contributed by atoms with Crippen molar-refractivity contribution in [1.29, 1.82) is 0 Å². The van der Waals surface area contributed by atoms with E-state index >= 15 is 0 Å². The highest BCUT2D eigenvalue weighted by Crippen LogP contribution is 2.28. The number of carbonyl (C=O) groups excluding carboxylic acids is 3. The van der Waals surface area contributed by atoms with E-state index in [2.05, 4.69) is 10.6 Å². The highest BCUT2D eigenvalue weighted by atomic mass is 16.2. The van der Waals surface area contributed by atoms with Crippen LogP contribution >= 0.6 is 0 Å². The molecule has 1 aromatic rings. The van der Waals surface area contributed by atoms with Gasteiger partial charge in [-0.2, -0.15) is 0 Å². The van der Waals surface area contributed by atoms with Crippen LogP contribution in [0.25, 0.3) is 0 Å². The molecule has 124 valence electrons. The van der Waals surface area contributed by atoms with E-state index in [1.807, 2.05) is 32.0 Å². The van der Waals surface area contributed by atoms with Crippen molar-refractivity contribution in [3.63, 3.8) is 0 Å². The summed E-state index contributed by atoms with van der Waals surface area (Å²) in [4.78, 5) is 37.8. The van der Waals surface area contributed by atoms with Gasteiger partial charge in [-0.3, -0.25) is 14.5 Å². The summed E-state index contributed by atoms with van der Waals surface area (Å²) in [6, 6.07) is 8.50. The molecule has 6 heteroatoms. The molecule has 1 aromatic carbocycles. The van der Waals surface area contributed by atoms with Crippen LogP contribution in [0.5, 0.6) is 0 Å². The molecule has 1 fully saturated rings. The smallest absolute Gasteiger partial charge is 0.325 e. The Morgan fingerprint density at radius 2 is 1.96 bits per heavy atom. The molecule has 0 radical (unpaired) electrons. The van der Waals surface area contributed by atoms with Crippen molar-refractivity contribution in [3.05, 3.63) is 35.9 Å². The average molecular weight is 317 g/mol. The highest BCUT2D eigenvalue weighted by Gasteiger charge is 2.49. The first-order valence-electron chi connectivity index (χ1n) is 7.87. The average Bonchev–Trinajstić information content (AvgIpc) is 2.73. The topological polar surface area (TPSA) is 78.5 Å². The second kappa shape index (κ2) is 6.81. The Balaban J connectivity index is 2.09. The van der Waals surface area contributed by atoms with Crippen molar-refractivity contribution in [1.82, 2.24) is 15.5 Å². The van der Waals surface area contributed by atoms with E-state index in [0.717, 1.165) is 17.7 Å². The molecule has 6 nitrogen and oxygen atoms in total. The first-order chi connectivity index (χ1) is 10.9. The van der Waals surface area contributed by atoms with E-state index in [4.69, 9.17) is 0 Å². The van der Waals surface area contributed by atoms with Gasteiger partial charge in [-0.05, 0) is 25.8 Å². The first-order valence-corrected chi connectivity index (χ1v) is 7.87. The van der Waals surface area contributed by atoms with Crippen molar-refractivity contribution in [3.8, 4) is 0 Å². The minimum absolute atomic E-state index is 0.0220. The summed E-state index contributed by atoms with van der Waals surface area (Å²) in [7, 11) is 0. The number of nitrogens with one attached hydrogen (secondary N) is 2. The number of urea groups is 1. The quantitative estimate of drug-likeness (QED) is 0.785. The van der Waals surface area contributed by atoms with Gasteiger partial charge in [0.15, 0.2) is 0 Å². The molecule has 0 saturated carbocycles. The molecular weight excluding hydrogens is 294 g/mol. The van der Waals surface area contributed by atoms with Crippen LogP contribution < -0.4 is 10.6 Å². The lowest BCUT2D eigenvalue weighted by atomic mass is 9.92. The molecule has 1 aliphatic rings. The molecule has 1 heterocycles. The van der Waals surface area contributed by atoms with Crippen molar-refractivity contribution in [2.45, 2.75) is 45.2 Å². The van der Waals surface area contributed by atoms with Crippen LogP contribution in [0.3, 0.4) is 0 Å². The SMILES string of the molecule is CCC[C@@H](C)NC(=O)CN1C(=O)N[C@](C)(c2ccccc2)C1=O. The number of nitrogens with zero attached hydrogens (tertiary/aromatic N) is 1. The first kappa shape index (κ1) is 17.0. The zero-order valence-corrected chi connectivity index (χ0v) is 13.8. The van der Waals surface area contributed by atoms with E-state index in [9.17, 15) is 14.4 Å². The third-order valence-corrected chi connectivity index (χ3v) is 4.06. The molecule has 2 rings (SSSR count). The van der Waals surface area contributed by atoms with Gasteiger partial charge in [-0.1, -0.05) is 43.7 Å². The monoisotopic (exact) mass is 317 g/mol. The molecule has 0 bridgehead atoms. The lowest BCUT2D eigenvalue weighted by molar-refractivity contribution is -0.135. The largest absolute Gasteiger partial charge is 0.352 e. The van der Waals surface area contributed by atoms with Crippen LogP contribution in [0.15, 0.2) is 30.3 Å². The van der Waals surface area contributed by atoms with Crippen molar-refractivity contribution in [2.75, 3.05) is 6.54 Å². The standard InChI is InChI=1S/C17H23N3O3/c1-4-8-12(2)18-14(21)11-20-15(22)17(3,19-16(20)23)13-9-6-5-7-10-13/h5-7,9-10,12H,4,8,11H2,1-3H3,(H,18,21)(H,19,23)/t12-,17-/m1/s1. The van der Waals surface area contributed by atoms with Gasteiger partial charge in [0.25, 0.3) is 5.91 Å². The Labute approximate surface area is 136 Å². The summed E-state index contributed by atoms with van der Waals surface area (Å²) in [6.07, 6.45) is 1.81. The van der Waals surface area contributed by atoms with E-state index in [1.54, 1.807) is 19.1 Å². The number of hydrogen-bond acceptors (Lipinski definition) is 3.